The van der Waals surface area contributed by atoms with Crippen LogP contribution in [0.4, 0.5) is 0 Å². The number of hydrogen-bond acceptors (Lipinski definition) is 6. The molecule has 0 spiro atoms. The van der Waals surface area contributed by atoms with Gasteiger partial charge in [-0.25, -0.2) is 8.42 Å². The molecule has 2 heterocycles. The number of rotatable bonds is 5. The molecule has 0 saturated carbocycles. The molecule has 1 aromatic carbocycles. The standard InChI is InChI=1S/C19H28N4O3S/c1-15(17-20-18(21-26-17)19(2,3)4)22-10-12-23(13-11-22)27(24,25)14-16-8-6-5-7-9-16/h5-9,15H,10-14H2,1-4H3/t15-/m0/s1. The number of benzene rings is 1. The Morgan fingerprint density at radius 3 is 2.30 bits per heavy atom. The first-order valence-corrected chi connectivity index (χ1v) is 10.9. The average Bonchev–Trinajstić information content (AvgIpc) is 3.12. The highest BCUT2D eigenvalue weighted by Crippen LogP contribution is 2.25. The highest BCUT2D eigenvalue weighted by Gasteiger charge is 2.31. The molecule has 0 radical (unpaired) electrons. The summed E-state index contributed by atoms with van der Waals surface area (Å²) in [5.41, 5.74) is 0.653. The van der Waals surface area contributed by atoms with E-state index in [-0.39, 0.29) is 17.2 Å². The van der Waals surface area contributed by atoms with Gasteiger partial charge >= 0.3 is 0 Å². The van der Waals surface area contributed by atoms with Gasteiger partial charge in [-0.3, -0.25) is 4.90 Å². The molecule has 0 bridgehead atoms. The maximum Gasteiger partial charge on any atom is 0.243 e. The zero-order valence-electron chi connectivity index (χ0n) is 16.4. The van der Waals surface area contributed by atoms with Gasteiger partial charge in [-0.2, -0.15) is 9.29 Å². The predicted octanol–water partition coefficient (Wildman–Crippen LogP) is 2.58. The van der Waals surface area contributed by atoms with E-state index in [1.54, 1.807) is 4.31 Å². The van der Waals surface area contributed by atoms with Crippen LogP contribution in [0.3, 0.4) is 0 Å². The van der Waals surface area contributed by atoms with Crippen molar-refractivity contribution in [3.63, 3.8) is 0 Å². The van der Waals surface area contributed by atoms with E-state index in [4.69, 9.17) is 4.52 Å². The van der Waals surface area contributed by atoms with E-state index in [0.29, 0.717) is 37.9 Å². The molecule has 0 N–H and O–H groups in total. The zero-order valence-corrected chi connectivity index (χ0v) is 17.2. The molecule has 1 atom stereocenters. The molecule has 1 saturated heterocycles. The lowest BCUT2D eigenvalue weighted by atomic mass is 9.96. The summed E-state index contributed by atoms with van der Waals surface area (Å²) < 4.78 is 32.4. The normalized spacial score (nSPS) is 18.5. The Bertz CT molecular complexity index is 851. The van der Waals surface area contributed by atoms with Crippen LogP contribution in [-0.4, -0.2) is 53.9 Å². The third-order valence-corrected chi connectivity index (χ3v) is 6.73. The van der Waals surface area contributed by atoms with Crippen LogP contribution in [0.5, 0.6) is 0 Å². The van der Waals surface area contributed by atoms with E-state index in [2.05, 4.69) is 15.0 Å². The topological polar surface area (TPSA) is 79.5 Å². The van der Waals surface area contributed by atoms with Gasteiger partial charge in [-0.1, -0.05) is 56.3 Å². The molecule has 1 aliphatic rings. The fourth-order valence-electron chi connectivity index (χ4n) is 3.11. The average molecular weight is 393 g/mol. The van der Waals surface area contributed by atoms with Crippen molar-refractivity contribution in [2.45, 2.75) is 44.9 Å². The van der Waals surface area contributed by atoms with Gasteiger partial charge in [-0.15, -0.1) is 0 Å². The van der Waals surface area contributed by atoms with Crippen LogP contribution in [0.15, 0.2) is 34.9 Å². The summed E-state index contributed by atoms with van der Waals surface area (Å²) in [7, 11) is -3.31. The van der Waals surface area contributed by atoms with Crippen LogP contribution in [-0.2, 0) is 21.2 Å². The maximum atomic E-state index is 12.7. The molecule has 0 aliphatic carbocycles. The van der Waals surface area contributed by atoms with Crippen molar-refractivity contribution in [3.05, 3.63) is 47.6 Å². The minimum atomic E-state index is -3.31. The molecule has 148 valence electrons. The molecule has 1 aliphatic heterocycles. The lowest BCUT2D eigenvalue weighted by Crippen LogP contribution is -2.49. The highest BCUT2D eigenvalue weighted by molar-refractivity contribution is 7.88. The van der Waals surface area contributed by atoms with Gasteiger partial charge in [-0.05, 0) is 12.5 Å². The van der Waals surface area contributed by atoms with Crippen molar-refractivity contribution in [3.8, 4) is 0 Å². The highest BCUT2D eigenvalue weighted by atomic mass is 32.2. The molecule has 7 nitrogen and oxygen atoms in total. The summed E-state index contributed by atoms with van der Waals surface area (Å²) in [4.78, 5) is 6.72. The van der Waals surface area contributed by atoms with Gasteiger partial charge in [0, 0.05) is 31.6 Å². The molecule has 3 rings (SSSR count). The Balaban J connectivity index is 1.60. The van der Waals surface area contributed by atoms with Crippen LogP contribution < -0.4 is 0 Å². The molecule has 0 amide bonds. The molecular weight excluding hydrogens is 364 g/mol. The van der Waals surface area contributed by atoms with E-state index in [1.807, 2.05) is 58.0 Å². The Morgan fingerprint density at radius 2 is 1.74 bits per heavy atom. The second-order valence-electron chi connectivity index (χ2n) is 8.06. The maximum absolute atomic E-state index is 12.7. The lowest BCUT2D eigenvalue weighted by molar-refractivity contribution is 0.124. The first-order valence-electron chi connectivity index (χ1n) is 9.27. The first-order chi connectivity index (χ1) is 12.7. The van der Waals surface area contributed by atoms with E-state index in [0.717, 1.165) is 5.56 Å². The third kappa shape index (κ3) is 4.75. The van der Waals surface area contributed by atoms with Crippen molar-refractivity contribution in [1.82, 2.24) is 19.3 Å². The number of sulfonamides is 1. The molecule has 8 heteroatoms. The molecule has 0 unspecified atom stereocenters. The summed E-state index contributed by atoms with van der Waals surface area (Å²) in [6.45, 7) is 10.4. The summed E-state index contributed by atoms with van der Waals surface area (Å²) in [5, 5.41) is 4.09. The van der Waals surface area contributed by atoms with E-state index < -0.39 is 10.0 Å². The Hall–Kier alpha value is -1.77. The van der Waals surface area contributed by atoms with E-state index in [9.17, 15) is 8.42 Å². The van der Waals surface area contributed by atoms with Crippen LogP contribution in [0.25, 0.3) is 0 Å². The van der Waals surface area contributed by atoms with Crippen LogP contribution >= 0.6 is 0 Å². The monoisotopic (exact) mass is 392 g/mol. The molecular formula is C19H28N4O3S. The summed E-state index contributed by atoms with van der Waals surface area (Å²) >= 11 is 0. The molecule has 27 heavy (non-hydrogen) atoms. The Labute approximate surface area is 161 Å². The SMILES string of the molecule is C[C@@H](c1nc(C(C)(C)C)no1)N1CCN(S(=O)(=O)Cc2ccccc2)CC1. The van der Waals surface area contributed by atoms with Crippen LogP contribution in [0.1, 0.15) is 51.0 Å². The van der Waals surface area contributed by atoms with Crippen LogP contribution in [0.2, 0.25) is 0 Å². The molecule has 1 aromatic heterocycles. The number of aromatic nitrogens is 2. The van der Waals surface area contributed by atoms with Crippen molar-refractivity contribution in [1.29, 1.82) is 0 Å². The molecule has 1 fully saturated rings. The first kappa shape index (κ1) is 20.0. The van der Waals surface area contributed by atoms with Gasteiger partial charge in [0.15, 0.2) is 5.82 Å². The number of piperazine rings is 1. The zero-order chi connectivity index (χ0) is 19.7. The van der Waals surface area contributed by atoms with Gasteiger partial charge in [0.2, 0.25) is 15.9 Å². The van der Waals surface area contributed by atoms with Gasteiger partial charge in [0.05, 0.1) is 11.8 Å². The second kappa shape index (κ2) is 7.69. The third-order valence-electron chi connectivity index (χ3n) is 4.88. The van der Waals surface area contributed by atoms with Crippen molar-refractivity contribution in [2.75, 3.05) is 26.2 Å². The molecule has 2 aromatic rings. The Kier molecular flexibility index (Phi) is 5.69. The Morgan fingerprint density at radius 1 is 1.11 bits per heavy atom. The van der Waals surface area contributed by atoms with Crippen LogP contribution in [0, 0.1) is 0 Å². The largest absolute Gasteiger partial charge is 0.338 e. The number of hydrogen-bond donors (Lipinski definition) is 0. The van der Waals surface area contributed by atoms with Gasteiger partial charge in [0.1, 0.15) is 0 Å². The quantitative estimate of drug-likeness (QED) is 0.778. The predicted molar refractivity (Wildman–Crippen MR) is 104 cm³/mol. The summed E-state index contributed by atoms with van der Waals surface area (Å²) in [6, 6.07) is 9.27. The summed E-state index contributed by atoms with van der Waals surface area (Å²) in [5.74, 6) is 1.32. The fourth-order valence-corrected chi connectivity index (χ4v) is 4.63. The lowest BCUT2D eigenvalue weighted by Gasteiger charge is -2.36. The second-order valence-corrected chi connectivity index (χ2v) is 10.0. The fraction of sp³-hybridized carbons (Fsp3) is 0.579. The minimum Gasteiger partial charge on any atom is -0.338 e. The van der Waals surface area contributed by atoms with Gasteiger partial charge in [0.25, 0.3) is 0 Å². The van der Waals surface area contributed by atoms with Gasteiger partial charge < -0.3 is 4.52 Å². The smallest absolute Gasteiger partial charge is 0.243 e. The van der Waals surface area contributed by atoms with Crippen molar-refractivity contribution in [2.24, 2.45) is 0 Å². The number of nitrogens with zero attached hydrogens (tertiary/aromatic N) is 4. The van der Waals surface area contributed by atoms with E-state index >= 15 is 0 Å². The van der Waals surface area contributed by atoms with E-state index in [1.165, 1.54) is 0 Å². The minimum absolute atomic E-state index is 0.0347. The summed E-state index contributed by atoms with van der Waals surface area (Å²) in [6.07, 6.45) is 0. The van der Waals surface area contributed by atoms with Crippen molar-refractivity contribution >= 4 is 10.0 Å². The van der Waals surface area contributed by atoms with Crippen molar-refractivity contribution < 1.29 is 12.9 Å².